The molecule has 2 N–H and O–H groups in total. The van der Waals surface area contributed by atoms with Crippen LogP contribution in [0.5, 0.6) is 0 Å². The molecule has 1 aromatic rings. The van der Waals surface area contributed by atoms with Crippen molar-refractivity contribution in [1.29, 1.82) is 0 Å². The first-order valence-corrected chi connectivity index (χ1v) is 6.20. The molecular formula is C9H11NO2S2. The van der Waals surface area contributed by atoms with Crippen molar-refractivity contribution in [3.05, 3.63) is 21.9 Å². The van der Waals surface area contributed by atoms with Crippen LogP contribution in [0, 0.1) is 6.92 Å². The Labute approximate surface area is 90.5 Å². The Bertz CT molecular complexity index is 350. The topological polar surface area (TPSA) is 49.3 Å². The Kier molecular flexibility index (Phi) is 2.80. The van der Waals surface area contributed by atoms with Crippen molar-refractivity contribution in [3.63, 3.8) is 0 Å². The van der Waals surface area contributed by atoms with Gasteiger partial charge in [0.05, 0.1) is 5.37 Å². The zero-order valence-electron chi connectivity index (χ0n) is 7.69. The number of aliphatic carboxylic acids is 1. The fourth-order valence-electron chi connectivity index (χ4n) is 1.37. The normalized spacial score (nSPS) is 26.6. The molecule has 5 heteroatoms. The van der Waals surface area contributed by atoms with Crippen molar-refractivity contribution >= 4 is 29.1 Å². The lowest BCUT2D eigenvalue weighted by Crippen LogP contribution is -2.33. The van der Waals surface area contributed by atoms with Gasteiger partial charge in [0, 0.05) is 15.5 Å². The van der Waals surface area contributed by atoms with E-state index in [1.54, 1.807) is 23.1 Å². The van der Waals surface area contributed by atoms with Crippen molar-refractivity contribution in [2.75, 3.05) is 5.75 Å². The summed E-state index contributed by atoms with van der Waals surface area (Å²) >= 11 is 3.39. The fourth-order valence-corrected chi connectivity index (χ4v) is 3.67. The minimum Gasteiger partial charge on any atom is -0.480 e. The summed E-state index contributed by atoms with van der Waals surface area (Å²) in [6, 6.07) is 3.73. The highest BCUT2D eigenvalue weighted by molar-refractivity contribution is 7.99. The number of aryl methyl sites for hydroxylation is 1. The van der Waals surface area contributed by atoms with Gasteiger partial charge in [0.25, 0.3) is 0 Å². The summed E-state index contributed by atoms with van der Waals surface area (Å²) in [7, 11) is 0. The van der Waals surface area contributed by atoms with Crippen LogP contribution in [0.3, 0.4) is 0 Å². The third-order valence-corrected chi connectivity index (χ3v) is 4.56. The first kappa shape index (κ1) is 10.0. The van der Waals surface area contributed by atoms with Crippen molar-refractivity contribution in [3.8, 4) is 0 Å². The number of carbonyl (C=O) groups is 1. The largest absolute Gasteiger partial charge is 0.480 e. The summed E-state index contributed by atoms with van der Waals surface area (Å²) in [5.74, 6) is -0.106. The minimum absolute atomic E-state index is 0.162. The first-order valence-electron chi connectivity index (χ1n) is 4.33. The Balaban J connectivity index is 2.05. The van der Waals surface area contributed by atoms with E-state index in [0.29, 0.717) is 5.75 Å². The van der Waals surface area contributed by atoms with E-state index >= 15 is 0 Å². The molecule has 1 saturated heterocycles. The molecule has 0 unspecified atom stereocenters. The molecule has 2 rings (SSSR count). The van der Waals surface area contributed by atoms with E-state index in [0.717, 1.165) is 0 Å². The molecule has 2 heterocycles. The highest BCUT2D eigenvalue weighted by Crippen LogP contribution is 2.36. The van der Waals surface area contributed by atoms with Crippen LogP contribution >= 0.6 is 23.1 Å². The fraction of sp³-hybridized carbons (Fsp3) is 0.444. The second-order valence-electron chi connectivity index (χ2n) is 3.22. The molecule has 0 saturated carbocycles. The number of rotatable bonds is 2. The molecule has 0 radical (unpaired) electrons. The van der Waals surface area contributed by atoms with E-state index in [9.17, 15) is 4.79 Å². The molecule has 0 spiro atoms. The average Bonchev–Trinajstić information content (AvgIpc) is 2.70. The van der Waals surface area contributed by atoms with Crippen LogP contribution in [-0.4, -0.2) is 22.9 Å². The van der Waals surface area contributed by atoms with Gasteiger partial charge in [-0.25, -0.2) is 0 Å². The quantitative estimate of drug-likeness (QED) is 0.812. The SMILES string of the molecule is Cc1ccc([C@H]2N[C@H](C(=O)O)CS2)s1. The molecule has 0 amide bonds. The van der Waals surface area contributed by atoms with Gasteiger partial charge in [-0.2, -0.15) is 0 Å². The van der Waals surface area contributed by atoms with E-state index in [-0.39, 0.29) is 5.37 Å². The van der Waals surface area contributed by atoms with Crippen LogP contribution in [0.2, 0.25) is 0 Å². The summed E-state index contributed by atoms with van der Waals surface area (Å²) in [4.78, 5) is 13.2. The van der Waals surface area contributed by atoms with Gasteiger partial charge in [0.15, 0.2) is 0 Å². The highest BCUT2D eigenvalue weighted by Gasteiger charge is 2.30. The predicted octanol–water partition coefficient (Wildman–Crippen LogP) is 1.84. The third kappa shape index (κ3) is 1.94. The zero-order valence-corrected chi connectivity index (χ0v) is 9.32. The van der Waals surface area contributed by atoms with Crippen molar-refractivity contribution in [2.45, 2.75) is 18.3 Å². The van der Waals surface area contributed by atoms with Gasteiger partial charge in [-0.05, 0) is 19.1 Å². The standard InChI is InChI=1S/C9H11NO2S2/c1-5-2-3-7(14-5)8-10-6(4-13-8)9(11)12/h2-3,6,8,10H,4H2,1H3,(H,11,12)/t6-,8-/m0/s1. The smallest absolute Gasteiger partial charge is 0.321 e. The Morgan fingerprint density at radius 3 is 2.93 bits per heavy atom. The maximum atomic E-state index is 10.7. The molecule has 2 atom stereocenters. The molecule has 14 heavy (non-hydrogen) atoms. The van der Waals surface area contributed by atoms with E-state index < -0.39 is 12.0 Å². The Morgan fingerprint density at radius 1 is 1.64 bits per heavy atom. The highest BCUT2D eigenvalue weighted by atomic mass is 32.2. The van der Waals surface area contributed by atoms with Gasteiger partial charge in [-0.15, -0.1) is 23.1 Å². The van der Waals surface area contributed by atoms with Crippen LogP contribution in [0.25, 0.3) is 0 Å². The third-order valence-electron chi connectivity index (χ3n) is 2.10. The zero-order chi connectivity index (χ0) is 10.1. The maximum Gasteiger partial charge on any atom is 0.321 e. The summed E-state index contributed by atoms with van der Waals surface area (Å²) in [6.45, 7) is 2.06. The lowest BCUT2D eigenvalue weighted by Gasteiger charge is -2.07. The number of carboxylic acids is 1. The average molecular weight is 229 g/mol. The number of nitrogens with one attached hydrogen (secondary N) is 1. The molecular weight excluding hydrogens is 218 g/mol. The van der Waals surface area contributed by atoms with Crippen molar-refractivity contribution in [1.82, 2.24) is 5.32 Å². The molecule has 1 aromatic heterocycles. The number of thioether (sulfide) groups is 1. The molecule has 1 aliphatic heterocycles. The number of hydrogen-bond acceptors (Lipinski definition) is 4. The van der Waals surface area contributed by atoms with Crippen LogP contribution in [0.15, 0.2) is 12.1 Å². The van der Waals surface area contributed by atoms with Crippen LogP contribution in [0.4, 0.5) is 0 Å². The van der Waals surface area contributed by atoms with Crippen LogP contribution in [0.1, 0.15) is 15.1 Å². The van der Waals surface area contributed by atoms with E-state index in [2.05, 4.69) is 24.4 Å². The van der Waals surface area contributed by atoms with E-state index in [4.69, 9.17) is 5.11 Å². The summed E-state index contributed by atoms with van der Waals surface area (Å²) in [5, 5.41) is 12.1. The van der Waals surface area contributed by atoms with Gasteiger partial charge in [0.2, 0.25) is 0 Å². The van der Waals surface area contributed by atoms with Gasteiger partial charge in [0.1, 0.15) is 6.04 Å². The van der Waals surface area contributed by atoms with Crippen LogP contribution < -0.4 is 5.32 Å². The number of carboxylic acid groups (broad SMARTS) is 1. The molecule has 0 aliphatic carbocycles. The summed E-state index contributed by atoms with van der Waals surface area (Å²) in [6.07, 6.45) is 0. The molecule has 1 aliphatic rings. The van der Waals surface area contributed by atoms with Crippen molar-refractivity contribution < 1.29 is 9.90 Å². The van der Waals surface area contributed by atoms with Gasteiger partial charge in [-0.3, -0.25) is 10.1 Å². The maximum absolute atomic E-state index is 10.7. The predicted molar refractivity (Wildman–Crippen MR) is 58.8 cm³/mol. The first-order chi connectivity index (χ1) is 6.66. The van der Waals surface area contributed by atoms with Gasteiger partial charge in [-0.1, -0.05) is 0 Å². The van der Waals surface area contributed by atoms with Crippen molar-refractivity contribution in [2.24, 2.45) is 0 Å². The number of thiophene rings is 1. The second-order valence-corrected chi connectivity index (χ2v) is 5.68. The molecule has 76 valence electrons. The van der Waals surface area contributed by atoms with E-state index in [1.165, 1.54) is 9.75 Å². The van der Waals surface area contributed by atoms with Gasteiger partial charge < -0.3 is 5.11 Å². The van der Waals surface area contributed by atoms with Gasteiger partial charge >= 0.3 is 5.97 Å². The monoisotopic (exact) mass is 229 g/mol. The molecule has 1 fully saturated rings. The molecule has 3 nitrogen and oxygen atoms in total. The summed E-state index contributed by atoms with van der Waals surface area (Å²) in [5.41, 5.74) is 0. The number of hydrogen-bond donors (Lipinski definition) is 2. The Morgan fingerprint density at radius 2 is 2.43 bits per heavy atom. The summed E-state index contributed by atoms with van der Waals surface area (Å²) < 4.78 is 0. The molecule has 0 aromatic carbocycles. The Hall–Kier alpha value is -0.520. The van der Waals surface area contributed by atoms with Crippen LogP contribution in [-0.2, 0) is 4.79 Å². The minimum atomic E-state index is -0.756. The lowest BCUT2D eigenvalue weighted by molar-refractivity contribution is -0.138. The lowest BCUT2D eigenvalue weighted by atomic mass is 10.3. The van der Waals surface area contributed by atoms with E-state index in [1.807, 2.05) is 0 Å². The molecule has 0 bridgehead atoms. The second kappa shape index (κ2) is 3.92.